The predicted octanol–water partition coefficient (Wildman–Crippen LogP) is 4.51. The van der Waals surface area contributed by atoms with Crippen molar-refractivity contribution < 1.29 is 19.4 Å². The molecule has 0 radical (unpaired) electrons. The molecular formula is C21H26O4. The summed E-state index contributed by atoms with van der Waals surface area (Å²) < 4.78 is 12.2. The Labute approximate surface area is 148 Å². The lowest BCUT2D eigenvalue weighted by Crippen LogP contribution is -2.41. The molecule has 4 atom stereocenters. The van der Waals surface area contributed by atoms with Crippen LogP contribution in [-0.2, 0) is 9.53 Å². The Bertz CT molecular complexity index is 666. The van der Waals surface area contributed by atoms with Crippen molar-refractivity contribution in [2.45, 2.75) is 57.2 Å². The summed E-state index contributed by atoms with van der Waals surface area (Å²) in [6.45, 7) is -0.316. The molecule has 2 aliphatic carbocycles. The van der Waals surface area contributed by atoms with Crippen molar-refractivity contribution in [3.63, 3.8) is 0 Å². The molecule has 4 heteroatoms. The van der Waals surface area contributed by atoms with E-state index in [-0.39, 0.29) is 12.7 Å². The zero-order chi connectivity index (χ0) is 17.2. The summed E-state index contributed by atoms with van der Waals surface area (Å²) in [7, 11) is 0. The number of allylic oxidation sites excluding steroid dienone is 1. The van der Waals surface area contributed by atoms with Crippen LogP contribution in [0.5, 0.6) is 5.75 Å². The quantitative estimate of drug-likeness (QED) is 0.818. The van der Waals surface area contributed by atoms with E-state index >= 15 is 0 Å². The topological polar surface area (TPSA) is 55.8 Å². The third kappa shape index (κ3) is 3.32. The van der Waals surface area contributed by atoms with Gasteiger partial charge in [-0.1, -0.05) is 42.7 Å². The number of hydrogen-bond acceptors (Lipinski definition) is 3. The minimum atomic E-state index is -0.954. The minimum absolute atomic E-state index is 0.0177. The lowest BCUT2D eigenvalue weighted by Gasteiger charge is -2.47. The molecule has 0 spiro atoms. The minimum Gasteiger partial charge on any atom is -0.482 e. The van der Waals surface area contributed by atoms with Crippen molar-refractivity contribution in [1.29, 1.82) is 0 Å². The number of ether oxygens (including phenoxy) is 2. The Balaban J connectivity index is 1.66. The number of carbonyl (C=O) groups is 1. The smallest absolute Gasteiger partial charge is 0.341 e. The third-order valence-corrected chi connectivity index (χ3v) is 5.92. The van der Waals surface area contributed by atoms with Gasteiger partial charge in [0, 0.05) is 17.4 Å². The van der Waals surface area contributed by atoms with Crippen LogP contribution in [0, 0.1) is 11.8 Å². The number of rotatable bonds is 4. The monoisotopic (exact) mass is 342 g/mol. The van der Waals surface area contributed by atoms with E-state index in [1.807, 2.05) is 24.3 Å². The van der Waals surface area contributed by atoms with Gasteiger partial charge in [-0.05, 0) is 38.2 Å². The molecule has 1 heterocycles. The molecule has 1 N–H and O–H groups in total. The normalized spacial score (nSPS) is 31.4. The molecule has 0 aromatic heterocycles. The number of para-hydroxylation sites is 1. The summed E-state index contributed by atoms with van der Waals surface area (Å²) in [6, 6.07) is 7.79. The highest BCUT2D eigenvalue weighted by Crippen LogP contribution is 2.52. The molecule has 4 rings (SSSR count). The molecule has 25 heavy (non-hydrogen) atoms. The fourth-order valence-corrected chi connectivity index (χ4v) is 4.88. The highest BCUT2D eigenvalue weighted by molar-refractivity contribution is 5.68. The lowest BCUT2D eigenvalue weighted by molar-refractivity contribution is -0.139. The standard InChI is InChI=1S/C21H26O4/c22-20(23)13-24-18-11-5-4-10-17(18)21-16-9-2-1-7-14(16)15-8-3-6-12-19(15)25-21/h4-5,7,10-11,15-16,19,21H,1-3,6,8-9,12-13H2,(H,22,23)/t15-,16+,19+,21+/m0/s1. The first-order chi connectivity index (χ1) is 12.2. The van der Waals surface area contributed by atoms with Crippen LogP contribution >= 0.6 is 0 Å². The molecule has 134 valence electrons. The maximum atomic E-state index is 10.9. The number of benzene rings is 1. The van der Waals surface area contributed by atoms with E-state index in [0.29, 0.717) is 23.7 Å². The fourth-order valence-electron chi connectivity index (χ4n) is 4.88. The highest BCUT2D eigenvalue weighted by atomic mass is 16.5. The highest BCUT2D eigenvalue weighted by Gasteiger charge is 2.44. The van der Waals surface area contributed by atoms with Crippen molar-refractivity contribution in [1.82, 2.24) is 0 Å². The molecule has 1 saturated heterocycles. The second-order valence-corrected chi connectivity index (χ2v) is 7.45. The van der Waals surface area contributed by atoms with Crippen LogP contribution in [0.3, 0.4) is 0 Å². The van der Waals surface area contributed by atoms with Gasteiger partial charge in [0.1, 0.15) is 5.75 Å². The summed E-state index contributed by atoms with van der Waals surface area (Å²) in [6.07, 6.45) is 11.2. The Morgan fingerprint density at radius 1 is 1.12 bits per heavy atom. The Kier molecular flexibility index (Phi) is 4.80. The molecule has 0 amide bonds. The van der Waals surface area contributed by atoms with Gasteiger partial charge in [-0.3, -0.25) is 0 Å². The molecule has 1 aromatic carbocycles. The number of aliphatic carboxylic acids is 1. The van der Waals surface area contributed by atoms with Gasteiger partial charge in [-0.25, -0.2) is 4.79 Å². The van der Waals surface area contributed by atoms with Crippen LogP contribution in [0.15, 0.2) is 35.9 Å². The first kappa shape index (κ1) is 16.6. The molecule has 0 unspecified atom stereocenters. The Morgan fingerprint density at radius 2 is 1.92 bits per heavy atom. The molecule has 1 aliphatic heterocycles. The van der Waals surface area contributed by atoms with Crippen molar-refractivity contribution >= 4 is 5.97 Å². The second kappa shape index (κ2) is 7.20. The summed E-state index contributed by atoms with van der Waals surface area (Å²) >= 11 is 0. The number of fused-ring (bicyclic) bond motifs is 3. The molecule has 1 saturated carbocycles. The summed E-state index contributed by atoms with van der Waals surface area (Å²) in [5.74, 6) is 0.684. The van der Waals surface area contributed by atoms with Crippen molar-refractivity contribution in [3.05, 3.63) is 41.5 Å². The number of carboxylic acid groups (broad SMARTS) is 1. The predicted molar refractivity (Wildman–Crippen MR) is 94.6 cm³/mol. The molecule has 2 fully saturated rings. The molecule has 1 aromatic rings. The first-order valence-electron chi connectivity index (χ1n) is 9.53. The van der Waals surface area contributed by atoms with E-state index in [1.54, 1.807) is 5.57 Å². The van der Waals surface area contributed by atoms with Crippen LogP contribution in [0.1, 0.15) is 56.6 Å². The molecule has 0 bridgehead atoms. The van der Waals surface area contributed by atoms with E-state index in [2.05, 4.69) is 6.08 Å². The van der Waals surface area contributed by atoms with Crippen molar-refractivity contribution in [2.24, 2.45) is 11.8 Å². The maximum Gasteiger partial charge on any atom is 0.341 e. The molecule has 4 nitrogen and oxygen atoms in total. The summed E-state index contributed by atoms with van der Waals surface area (Å²) in [4.78, 5) is 10.9. The van der Waals surface area contributed by atoms with Crippen LogP contribution in [-0.4, -0.2) is 23.8 Å². The van der Waals surface area contributed by atoms with Gasteiger partial charge in [-0.2, -0.15) is 0 Å². The van der Waals surface area contributed by atoms with E-state index in [0.717, 1.165) is 18.4 Å². The SMILES string of the molecule is O=C(O)COc1ccccc1[C@@H]1O[C@@H]2CCCC[C@H]2C2=CCCC[C@H]21. The zero-order valence-corrected chi connectivity index (χ0v) is 14.5. The summed E-state index contributed by atoms with van der Waals surface area (Å²) in [5, 5.41) is 8.95. The van der Waals surface area contributed by atoms with Crippen LogP contribution < -0.4 is 4.74 Å². The Morgan fingerprint density at radius 3 is 2.80 bits per heavy atom. The van der Waals surface area contributed by atoms with Gasteiger partial charge in [0.2, 0.25) is 0 Å². The fraction of sp³-hybridized carbons (Fsp3) is 0.571. The van der Waals surface area contributed by atoms with Gasteiger partial charge in [0.15, 0.2) is 6.61 Å². The average molecular weight is 342 g/mol. The number of carboxylic acids is 1. The van der Waals surface area contributed by atoms with Gasteiger partial charge >= 0.3 is 5.97 Å². The molecular weight excluding hydrogens is 316 g/mol. The average Bonchev–Trinajstić information content (AvgIpc) is 2.66. The maximum absolute atomic E-state index is 10.9. The van der Waals surface area contributed by atoms with Gasteiger partial charge in [-0.15, -0.1) is 0 Å². The van der Waals surface area contributed by atoms with Crippen molar-refractivity contribution in [3.8, 4) is 5.75 Å². The van der Waals surface area contributed by atoms with Crippen molar-refractivity contribution in [2.75, 3.05) is 6.61 Å². The number of hydrogen-bond donors (Lipinski definition) is 1. The van der Waals surface area contributed by atoms with Gasteiger partial charge in [0.05, 0.1) is 12.2 Å². The van der Waals surface area contributed by atoms with Crippen LogP contribution in [0.25, 0.3) is 0 Å². The van der Waals surface area contributed by atoms with Gasteiger partial charge in [0.25, 0.3) is 0 Å². The van der Waals surface area contributed by atoms with E-state index in [9.17, 15) is 4.79 Å². The summed E-state index contributed by atoms with van der Waals surface area (Å²) in [5.41, 5.74) is 2.60. The Hall–Kier alpha value is -1.81. The van der Waals surface area contributed by atoms with E-state index < -0.39 is 5.97 Å². The molecule has 3 aliphatic rings. The van der Waals surface area contributed by atoms with E-state index in [1.165, 1.54) is 32.1 Å². The lowest BCUT2D eigenvalue weighted by atomic mass is 9.68. The van der Waals surface area contributed by atoms with Gasteiger partial charge < -0.3 is 14.6 Å². The third-order valence-electron chi connectivity index (χ3n) is 5.92. The largest absolute Gasteiger partial charge is 0.482 e. The first-order valence-corrected chi connectivity index (χ1v) is 9.53. The second-order valence-electron chi connectivity index (χ2n) is 7.45. The van der Waals surface area contributed by atoms with E-state index in [4.69, 9.17) is 14.6 Å². The van der Waals surface area contributed by atoms with Crippen LogP contribution in [0.4, 0.5) is 0 Å². The zero-order valence-electron chi connectivity index (χ0n) is 14.5. The van der Waals surface area contributed by atoms with Crippen LogP contribution in [0.2, 0.25) is 0 Å².